The van der Waals surface area contributed by atoms with Gasteiger partial charge >= 0.3 is 0 Å². The van der Waals surface area contributed by atoms with Gasteiger partial charge in [-0.05, 0) is 60.4 Å². The largest absolute Gasteiger partial charge is 0.494 e. The highest BCUT2D eigenvalue weighted by Gasteiger charge is 2.03. The van der Waals surface area contributed by atoms with Crippen LogP contribution in [0, 0.1) is 0 Å². The zero-order valence-corrected chi connectivity index (χ0v) is 12.4. The molecular weight excluding hydrogens is 254 g/mol. The Kier molecular flexibility index (Phi) is 5.43. The van der Waals surface area contributed by atoms with Crippen molar-refractivity contribution in [3.63, 3.8) is 0 Å². The average Bonchev–Trinajstić information content (AvgIpc) is 2.91. The molecule has 1 N–H and O–H groups in total. The van der Waals surface area contributed by atoms with Crippen LogP contribution in [0.2, 0.25) is 0 Å². The molecule has 0 amide bonds. The fourth-order valence-electron chi connectivity index (χ4n) is 2.00. The van der Waals surface area contributed by atoms with Crippen LogP contribution < -0.4 is 10.1 Å². The van der Waals surface area contributed by atoms with Crippen LogP contribution in [0.5, 0.6) is 5.75 Å². The Labute approximate surface area is 119 Å². The van der Waals surface area contributed by atoms with Gasteiger partial charge in [0.05, 0.1) is 6.61 Å². The van der Waals surface area contributed by atoms with Crippen LogP contribution in [0.25, 0.3) is 0 Å². The van der Waals surface area contributed by atoms with Crippen LogP contribution in [-0.4, -0.2) is 12.6 Å². The lowest BCUT2D eigenvalue weighted by atomic mass is 10.1. The molecule has 2 aromatic rings. The van der Waals surface area contributed by atoms with E-state index in [9.17, 15) is 0 Å². The molecule has 0 spiro atoms. The summed E-state index contributed by atoms with van der Waals surface area (Å²) in [6, 6.07) is 11.0. The first-order valence-electron chi connectivity index (χ1n) is 6.74. The third kappa shape index (κ3) is 4.69. The molecule has 1 atom stereocenters. The summed E-state index contributed by atoms with van der Waals surface area (Å²) >= 11 is 1.76. The molecular formula is C16H21NOS. The van der Waals surface area contributed by atoms with Gasteiger partial charge in [-0.25, -0.2) is 0 Å². The van der Waals surface area contributed by atoms with E-state index in [-0.39, 0.29) is 0 Å². The zero-order chi connectivity index (χ0) is 13.5. The molecule has 0 bridgehead atoms. The van der Waals surface area contributed by atoms with Crippen molar-refractivity contribution < 1.29 is 4.74 Å². The van der Waals surface area contributed by atoms with E-state index in [0.29, 0.717) is 6.04 Å². The van der Waals surface area contributed by atoms with Crippen LogP contribution in [0.4, 0.5) is 0 Å². The number of ether oxygens (including phenoxy) is 1. The van der Waals surface area contributed by atoms with E-state index in [1.807, 2.05) is 19.1 Å². The Morgan fingerprint density at radius 2 is 1.95 bits per heavy atom. The molecule has 0 saturated heterocycles. The van der Waals surface area contributed by atoms with Gasteiger partial charge in [0, 0.05) is 12.6 Å². The van der Waals surface area contributed by atoms with E-state index in [1.165, 1.54) is 11.1 Å². The summed E-state index contributed by atoms with van der Waals surface area (Å²) < 4.78 is 5.44. The maximum absolute atomic E-state index is 5.44. The Hall–Kier alpha value is -1.32. The van der Waals surface area contributed by atoms with Crippen molar-refractivity contribution in [1.82, 2.24) is 5.32 Å². The van der Waals surface area contributed by atoms with Gasteiger partial charge in [0.15, 0.2) is 0 Å². The standard InChI is InChI=1S/C16H21NOS/c1-3-18-16-6-4-14(5-7-16)11-17-13(2)10-15-8-9-19-12-15/h4-9,12-13,17H,3,10-11H2,1-2H3. The van der Waals surface area contributed by atoms with Crippen LogP contribution >= 0.6 is 11.3 Å². The summed E-state index contributed by atoms with van der Waals surface area (Å²) in [6.07, 6.45) is 1.08. The van der Waals surface area contributed by atoms with Crippen molar-refractivity contribution >= 4 is 11.3 Å². The van der Waals surface area contributed by atoms with Crippen LogP contribution in [0.1, 0.15) is 25.0 Å². The summed E-state index contributed by atoms with van der Waals surface area (Å²) in [7, 11) is 0. The Balaban J connectivity index is 1.78. The predicted octanol–water partition coefficient (Wildman–Crippen LogP) is 3.87. The molecule has 0 radical (unpaired) electrons. The highest BCUT2D eigenvalue weighted by atomic mass is 32.1. The Morgan fingerprint density at radius 3 is 2.58 bits per heavy atom. The van der Waals surface area contributed by atoms with Gasteiger partial charge in [0.1, 0.15) is 5.75 Å². The molecule has 1 aromatic heterocycles. The smallest absolute Gasteiger partial charge is 0.119 e. The van der Waals surface area contributed by atoms with Crippen molar-refractivity contribution in [2.45, 2.75) is 32.9 Å². The molecule has 1 heterocycles. The summed E-state index contributed by atoms with van der Waals surface area (Å²) in [5, 5.41) is 7.90. The fraction of sp³-hybridized carbons (Fsp3) is 0.375. The van der Waals surface area contributed by atoms with E-state index in [0.717, 1.165) is 25.3 Å². The van der Waals surface area contributed by atoms with Gasteiger partial charge in [-0.15, -0.1) is 0 Å². The van der Waals surface area contributed by atoms with Crippen molar-refractivity contribution in [3.8, 4) is 5.75 Å². The lowest BCUT2D eigenvalue weighted by Gasteiger charge is -2.13. The molecule has 102 valence electrons. The Morgan fingerprint density at radius 1 is 1.16 bits per heavy atom. The lowest BCUT2D eigenvalue weighted by Crippen LogP contribution is -2.27. The van der Waals surface area contributed by atoms with Gasteiger partial charge in [-0.3, -0.25) is 0 Å². The lowest BCUT2D eigenvalue weighted by molar-refractivity contribution is 0.340. The predicted molar refractivity (Wildman–Crippen MR) is 81.9 cm³/mol. The monoisotopic (exact) mass is 275 g/mol. The number of nitrogens with one attached hydrogen (secondary N) is 1. The number of rotatable bonds is 7. The second-order valence-electron chi connectivity index (χ2n) is 4.69. The summed E-state index contributed by atoms with van der Waals surface area (Å²) in [4.78, 5) is 0. The maximum atomic E-state index is 5.44. The highest BCUT2D eigenvalue weighted by molar-refractivity contribution is 7.07. The first-order valence-corrected chi connectivity index (χ1v) is 7.68. The van der Waals surface area contributed by atoms with Crippen molar-refractivity contribution in [2.24, 2.45) is 0 Å². The topological polar surface area (TPSA) is 21.3 Å². The van der Waals surface area contributed by atoms with E-state index >= 15 is 0 Å². The minimum atomic E-state index is 0.487. The number of benzene rings is 1. The van der Waals surface area contributed by atoms with E-state index in [4.69, 9.17) is 4.74 Å². The third-order valence-corrected chi connectivity index (χ3v) is 3.74. The second kappa shape index (κ2) is 7.31. The molecule has 3 heteroatoms. The summed E-state index contributed by atoms with van der Waals surface area (Å²) in [5.74, 6) is 0.942. The van der Waals surface area contributed by atoms with Gasteiger partial charge in [-0.2, -0.15) is 11.3 Å². The molecule has 0 aliphatic heterocycles. The van der Waals surface area contributed by atoms with E-state index in [1.54, 1.807) is 11.3 Å². The molecule has 2 rings (SSSR count). The zero-order valence-electron chi connectivity index (χ0n) is 11.6. The summed E-state index contributed by atoms with van der Waals surface area (Å²) in [5.41, 5.74) is 2.71. The first-order chi connectivity index (χ1) is 9.28. The normalized spacial score (nSPS) is 12.3. The second-order valence-corrected chi connectivity index (χ2v) is 5.47. The number of thiophene rings is 1. The molecule has 0 saturated carbocycles. The number of hydrogen-bond acceptors (Lipinski definition) is 3. The van der Waals surface area contributed by atoms with Gasteiger partial charge < -0.3 is 10.1 Å². The van der Waals surface area contributed by atoms with E-state index < -0.39 is 0 Å². The van der Waals surface area contributed by atoms with Gasteiger partial charge in [0.2, 0.25) is 0 Å². The van der Waals surface area contributed by atoms with Crippen molar-refractivity contribution in [2.75, 3.05) is 6.61 Å². The Bertz CT molecular complexity index is 464. The third-order valence-electron chi connectivity index (χ3n) is 3.01. The number of hydrogen-bond donors (Lipinski definition) is 1. The average molecular weight is 275 g/mol. The molecule has 1 aromatic carbocycles. The molecule has 19 heavy (non-hydrogen) atoms. The van der Waals surface area contributed by atoms with Crippen molar-refractivity contribution in [3.05, 3.63) is 52.2 Å². The van der Waals surface area contributed by atoms with Gasteiger partial charge in [-0.1, -0.05) is 12.1 Å². The van der Waals surface area contributed by atoms with Crippen LogP contribution in [0.15, 0.2) is 41.1 Å². The first kappa shape index (κ1) is 14.1. The SMILES string of the molecule is CCOc1ccc(CNC(C)Cc2ccsc2)cc1. The summed E-state index contributed by atoms with van der Waals surface area (Å²) in [6.45, 7) is 5.85. The van der Waals surface area contributed by atoms with Crippen LogP contribution in [0.3, 0.4) is 0 Å². The molecule has 0 aliphatic rings. The quantitative estimate of drug-likeness (QED) is 0.828. The molecule has 0 aliphatic carbocycles. The molecule has 2 nitrogen and oxygen atoms in total. The minimum absolute atomic E-state index is 0.487. The molecule has 0 fully saturated rings. The van der Waals surface area contributed by atoms with Gasteiger partial charge in [0.25, 0.3) is 0 Å². The highest BCUT2D eigenvalue weighted by Crippen LogP contribution is 2.13. The minimum Gasteiger partial charge on any atom is -0.494 e. The van der Waals surface area contributed by atoms with Crippen molar-refractivity contribution in [1.29, 1.82) is 0 Å². The molecule has 1 unspecified atom stereocenters. The fourth-order valence-corrected chi connectivity index (χ4v) is 2.68. The maximum Gasteiger partial charge on any atom is 0.119 e. The van der Waals surface area contributed by atoms with Crippen LogP contribution in [-0.2, 0) is 13.0 Å². The van der Waals surface area contributed by atoms with E-state index in [2.05, 4.69) is 41.2 Å².